The van der Waals surface area contributed by atoms with Gasteiger partial charge in [-0.15, -0.1) is 22.7 Å². The zero-order valence-corrected chi connectivity index (χ0v) is 23.5. The fraction of sp³-hybridized carbons (Fsp3) is 0.250. The van der Waals surface area contributed by atoms with Gasteiger partial charge in [-0.05, 0) is 73.4 Å². The van der Waals surface area contributed by atoms with E-state index in [4.69, 9.17) is 14.7 Å². The summed E-state index contributed by atoms with van der Waals surface area (Å²) in [6, 6.07) is 21.7. The monoisotopic (exact) mass is 566 g/mol. The summed E-state index contributed by atoms with van der Waals surface area (Å²) in [6.45, 7) is 3.10. The summed E-state index contributed by atoms with van der Waals surface area (Å²) in [5.41, 5.74) is 6.07. The van der Waals surface area contributed by atoms with Gasteiger partial charge in [0.15, 0.2) is 11.5 Å². The van der Waals surface area contributed by atoms with Gasteiger partial charge in [-0.3, -0.25) is 0 Å². The van der Waals surface area contributed by atoms with Crippen LogP contribution in [-0.4, -0.2) is 30.3 Å². The number of hydrogen-bond acceptors (Lipinski definition) is 7. The number of carbonyl (C=O) groups is 1. The molecule has 1 N–H and O–H groups in total. The fourth-order valence-corrected chi connectivity index (χ4v) is 8.42. The van der Waals surface area contributed by atoms with Crippen molar-refractivity contribution in [3.05, 3.63) is 76.2 Å². The Hall–Kier alpha value is -4.06. The summed E-state index contributed by atoms with van der Waals surface area (Å²) in [7, 11) is 0. The molecule has 200 valence electrons. The van der Waals surface area contributed by atoms with Crippen LogP contribution in [0.5, 0.6) is 11.5 Å². The van der Waals surface area contributed by atoms with E-state index in [0.29, 0.717) is 30.1 Å². The predicted octanol–water partition coefficient (Wildman–Crippen LogP) is 8.00. The summed E-state index contributed by atoms with van der Waals surface area (Å²) in [4.78, 5) is 17.5. The number of nitriles is 1. The van der Waals surface area contributed by atoms with Gasteiger partial charge in [0.05, 0.1) is 9.75 Å². The van der Waals surface area contributed by atoms with Crippen LogP contribution in [0.2, 0.25) is 0 Å². The molecule has 0 amide bonds. The molecule has 1 fully saturated rings. The fourth-order valence-electron chi connectivity index (χ4n) is 6.18. The zero-order valence-electron chi connectivity index (χ0n) is 21.8. The van der Waals surface area contributed by atoms with Crippen LogP contribution in [0.4, 0.5) is 11.4 Å². The molecule has 8 heteroatoms. The van der Waals surface area contributed by atoms with Gasteiger partial charge in [-0.2, -0.15) is 5.26 Å². The number of aryl methyl sites for hydroxylation is 1. The van der Waals surface area contributed by atoms with Gasteiger partial charge in [-0.1, -0.05) is 30.2 Å². The summed E-state index contributed by atoms with van der Waals surface area (Å²) in [6.07, 6.45) is 5.04. The lowest BCUT2D eigenvalue weighted by atomic mass is 9.95. The summed E-state index contributed by atoms with van der Waals surface area (Å²) in [5.74, 6) is 0.796. The van der Waals surface area contributed by atoms with Gasteiger partial charge < -0.3 is 19.5 Å². The highest BCUT2D eigenvalue weighted by molar-refractivity contribution is 7.24. The Labute approximate surface area is 240 Å². The van der Waals surface area contributed by atoms with Crippen LogP contribution in [-0.2, 0) is 4.79 Å². The lowest BCUT2D eigenvalue weighted by Gasteiger charge is -2.27. The van der Waals surface area contributed by atoms with Gasteiger partial charge in [0, 0.05) is 33.1 Å². The van der Waals surface area contributed by atoms with Crippen LogP contribution in [0.1, 0.15) is 41.2 Å². The van der Waals surface area contributed by atoms with E-state index in [1.807, 2.05) is 12.1 Å². The van der Waals surface area contributed by atoms with Crippen LogP contribution >= 0.6 is 22.7 Å². The highest BCUT2D eigenvalue weighted by atomic mass is 32.1. The Morgan fingerprint density at radius 2 is 1.80 bits per heavy atom. The number of hydrogen-bond donors (Lipinski definition) is 1. The molecule has 1 saturated carbocycles. The standard InChI is InChI=1S/C32H26N2O4S2/c1-18-5-8-21(9-6-18)34-25-4-2-3-23(25)24-16-19(7-11-26(24)34)30-28-29(38-14-13-37-28)31(40-30)27-12-10-22(39-27)15-20(17-33)32(35)36/h5-12,15-16,23,25H,2-4,13-14H2,1H3,(H,35,36)/b20-15+. The average molecular weight is 567 g/mol. The van der Waals surface area contributed by atoms with Crippen LogP contribution in [0.15, 0.2) is 60.2 Å². The molecule has 7 rings (SSSR count). The second kappa shape index (κ2) is 9.84. The number of benzene rings is 2. The summed E-state index contributed by atoms with van der Waals surface area (Å²) in [5, 5.41) is 18.4. The number of aliphatic carboxylic acids is 1. The predicted molar refractivity (Wildman–Crippen MR) is 159 cm³/mol. The smallest absolute Gasteiger partial charge is 0.346 e. The molecule has 2 aliphatic heterocycles. The van der Waals surface area contributed by atoms with Crippen molar-refractivity contribution in [2.24, 2.45) is 0 Å². The molecule has 2 aromatic heterocycles. The zero-order chi connectivity index (χ0) is 27.4. The first kappa shape index (κ1) is 24.9. The first-order valence-corrected chi connectivity index (χ1v) is 15.0. The molecule has 0 radical (unpaired) electrons. The molecule has 6 nitrogen and oxygen atoms in total. The molecule has 4 aromatic rings. The van der Waals surface area contributed by atoms with Crippen molar-refractivity contribution in [3.8, 4) is 37.8 Å². The first-order chi connectivity index (χ1) is 19.5. The van der Waals surface area contributed by atoms with Crippen LogP contribution in [0.25, 0.3) is 26.3 Å². The van der Waals surface area contributed by atoms with Gasteiger partial charge in [0.1, 0.15) is 24.9 Å². The van der Waals surface area contributed by atoms with Crippen molar-refractivity contribution in [2.45, 2.75) is 38.1 Å². The third-order valence-electron chi connectivity index (χ3n) is 7.96. The minimum absolute atomic E-state index is 0.287. The maximum absolute atomic E-state index is 11.3. The second-order valence-corrected chi connectivity index (χ2v) is 12.5. The maximum Gasteiger partial charge on any atom is 0.346 e. The largest absolute Gasteiger partial charge is 0.485 e. The topological polar surface area (TPSA) is 82.8 Å². The third-order valence-corrected chi connectivity index (χ3v) is 10.4. The lowest BCUT2D eigenvalue weighted by molar-refractivity contribution is -0.132. The van der Waals surface area contributed by atoms with E-state index < -0.39 is 5.97 Å². The van der Waals surface area contributed by atoms with E-state index in [1.165, 1.54) is 59.2 Å². The molecular weight excluding hydrogens is 540 g/mol. The van der Waals surface area contributed by atoms with E-state index in [1.54, 1.807) is 17.4 Å². The molecular formula is C32H26N2O4S2. The number of anilines is 2. The first-order valence-electron chi connectivity index (χ1n) is 13.4. The third kappa shape index (κ3) is 4.09. The van der Waals surface area contributed by atoms with Crippen LogP contribution in [0.3, 0.4) is 0 Å². The molecule has 1 aliphatic carbocycles. The van der Waals surface area contributed by atoms with Crippen LogP contribution in [0, 0.1) is 18.3 Å². The number of rotatable bonds is 5. The second-order valence-electron chi connectivity index (χ2n) is 10.4. The highest BCUT2D eigenvalue weighted by Crippen LogP contribution is 2.57. The molecule has 2 atom stereocenters. The van der Waals surface area contributed by atoms with Gasteiger partial charge >= 0.3 is 5.97 Å². The Kier molecular flexibility index (Phi) is 6.14. The molecule has 40 heavy (non-hydrogen) atoms. The van der Waals surface area contributed by atoms with Crippen molar-refractivity contribution in [1.82, 2.24) is 0 Å². The van der Waals surface area contributed by atoms with E-state index in [0.717, 1.165) is 31.7 Å². The van der Waals surface area contributed by atoms with Gasteiger partial charge in [-0.25, -0.2) is 4.79 Å². The van der Waals surface area contributed by atoms with Gasteiger partial charge in [0.25, 0.3) is 0 Å². The quantitative estimate of drug-likeness (QED) is 0.195. The highest BCUT2D eigenvalue weighted by Gasteiger charge is 2.42. The molecule has 3 aliphatic rings. The SMILES string of the molecule is Cc1ccc(N2c3ccc(-c4sc(-c5ccc(/C=C(\C#N)C(=O)O)s5)c5c4OCCO5)cc3C3CCCC32)cc1. The number of thiophene rings is 2. The number of carboxylic acid groups (broad SMARTS) is 1. The number of fused-ring (bicyclic) bond motifs is 4. The van der Waals surface area contributed by atoms with Crippen molar-refractivity contribution >= 4 is 46.1 Å². The summed E-state index contributed by atoms with van der Waals surface area (Å²) >= 11 is 3.08. The minimum Gasteiger partial charge on any atom is -0.485 e. The maximum atomic E-state index is 11.3. The Morgan fingerprint density at radius 1 is 1.02 bits per heavy atom. The van der Waals surface area contributed by atoms with Crippen molar-refractivity contribution in [3.63, 3.8) is 0 Å². The van der Waals surface area contributed by atoms with E-state index in [-0.39, 0.29) is 5.57 Å². The number of ether oxygens (including phenoxy) is 2. The molecule has 0 bridgehead atoms. The Balaban J connectivity index is 1.29. The molecule has 0 saturated heterocycles. The van der Waals surface area contributed by atoms with Crippen molar-refractivity contribution in [2.75, 3.05) is 18.1 Å². The molecule has 4 heterocycles. The van der Waals surface area contributed by atoms with E-state index >= 15 is 0 Å². The molecule has 2 unspecified atom stereocenters. The summed E-state index contributed by atoms with van der Waals surface area (Å²) < 4.78 is 12.3. The molecule has 0 spiro atoms. The van der Waals surface area contributed by atoms with Crippen LogP contribution < -0.4 is 14.4 Å². The van der Waals surface area contributed by atoms with Crippen molar-refractivity contribution in [1.29, 1.82) is 5.26 Å². The minimum atomic E-state index is -1.23. The average Bonchev–Trinajstić information content (AvgIpc) is 3.75. The number of carboxylic acids is 1. The van der Waals surface area contributed by atoms with Crippen molar-refractivity contribution < 1.29 is 19.4 Å². The van der Waals surface area contributed by atoms with E-state index in [2.05, 4.69) is 54.3 Å². The lowest BCUT2D eigenvalue weighted by Crippen LogP contribution is -2.26. The molecule has 2 aromatic carbocycles. The normalized spacial score (nSPS) is 19.3. The Bertz CT molecular complexity index is 1710. The Morgan fingerprint density at radius 3 is 2.55 bits per heavy atom. The van der Waals surface area contributed by atoms with Gasteiger partial charge in [0.2, 0.25) is 0 Å². The van der Waals surface area contributed by atoms with E-state index in [9.17, 15) is 9.90 Å². The number of nitrogens with zero attached hydrogens (tertiary/aromatic N) is 2.